The topological polar surface area (TPSA) is 189 Å². The molecule has 0 bridgehead atoms. The van der Waals surface area contributed by atoms with Crippen molar-refractivity contribution < 1.29 is 38.4 Å². The highest BCUT2D eigenvalue weighted by Gasteiger charge is 2.40. The van der Waals surface area contributed by atoms with Gasteiger partial charge in [-0.15, -0.1) is 0 Å². The number of carbonyl (C=O) groups is 5. The summed E-state index contributed by atoms with van der Waals surface area (Å²) in [6.45, 7) is 19.3. The van der Waals surface area contributed by atoms with Crippen molar-refractivity contribution in [2.75, 3.05) is 39.4 Å². The molecular weight excluding hydrogens is 913 g/mol. The van der Waals surface area contributed by atoms with Gasteiger partial charge in [0.1, 0.15) is 5.60 Å². The van der Waals surface area contributed by atoms with Gasteiger partial charge in [-0.3, -0.25) is 29.0 Å². The van der Waals surface area contributed by atoms with Crippen LogP contribution in [0.25, 0.3) is 0 Å². The SMILES string of the molecule is C.Cc1ccc(C(=O)N(CCCN)C(C2=NOCC(=O)N2Cc2ccccc2)C(C)C)cc1.Cc1ccc(C(=O)N(CCCNC(=O)OC(C)(C)C)C(C2=NOCC(=O)N2Cc2ccccc2)C(C)C)cc1. The van der Waals surface area contributed by atoms with Gasteiger partial charge in [0, 0.05) is 30.8 Å². The van der Waals surface area contributed by atoms with Crippen LogP contribution in [0.2, 0.25) is 0 Å². The number of nitrogens with one attached hydrogen (secondary N) is 1. The molecule has 0 saturated heterocycles. The fourth-order valence-electron chi connectivity index (χ4n) is 8.18. The van der Waals surface area contributed by atoms with Crippen LogP contribution in [0.3, 0.4) is 0 Å². The first-order valence-electron chi connectivity index (χ1n) is 24.4. The van der Waals surface area contributed by atoms with Gasteiger partial charge in [0.15, 0.2) is 24.9 Å². The van der Waals surface area contributed by atoms with E-state index in [1.807, 2.05) is 139 Å². The normalized spacial score (nSPS) is 14.3. The molecule has 3 N–H and O–H groups in total. The zero-order valence-corrected chi connectivity index (χ0v) is 42.8. The van der Waals surface area contributed by atoms with Crippen LogP contribution < -0.4 is 11.1 Å². The van der Waals surface area contributed by atoms with Gasteiger partial charge >= 0.3 is 6.09 Å². The predicted molar refractivity (Wildman–Crippen MR) is 282 cm³/mol. The fraction of sp³-hybridized carbons (Fsp3) is 0.446. The van der Waals surface area contributed by atoms with E-state index >= 15 is 0 Å². The second kappa shape index (κ2) is 27.5. The highest BCUT2D eigenvalue weighted by atomic mass is 16.6. The van der Waals surface area contributed by atoms with Crippen LogP contribution in [0.5, 0.6) is 0 Å². The van der Waals surface area contributed by atoms with Crippen LogP contribution >= 0.6 is 0 Å². The van der Waals surface area contributed by atoms with Gasteiger partial charge < -0.3 is 35.3 Å². The third kappa shape index (κ3) is 16.5. The van der Waals surface area contributed by atoms with Gasteiger partial charge in [-0.2, -0.15) is 0 Å². The number of nitrogens with two attached hydrogens (primary N) is 1. The molecule has 388 valence electrons. The number of carbonyl (C=O) groups excluding carboxylic acids is 5. The maximum atomic E-state index is 13.9. The standard InChI is InChI=1S/C30H40N4O5.C25H32N4O3.CH4/c1-21(2)26(27-32-38-20-25(35)34(27)19-23-11-8-7-9-12-23)33(28(36)24-15-13-22(3)14-16-24)18-10-17-31-29(37)39-30(4,5)6;1-18(2)23(28(15-7-14-26)25(31)21-12-10-19(3)11-13-21)24-27-32-17-22(30)29(24)16-20-8-5-4-6-9-20;/h7-9,11-16,21,26H,10,17-20H2,1-6H3,(H,31,37);4-6,8-13,18,23H,7,14-17,26H2,1-3H3;1H4. The Balaban J connectivity index is 0.000000314. The molecule has 0 aliphatic carbocycles. The number of aryl methyl sites for hydroxylation is 2. The summed E-state index contributed by atoms with van der Waals surface area (Å²) in [5, 5.41) is 11.4. The van der Waals surface area contributed by atoms with E-state index in [-0.39, 0.29) is 56.1 Å². The van der Waals surface area contributed by atoms with E-state index in [1.54, 1.807) is 52.5 Å². The minimum atomic E-state index is -0.603. The van der Waals surface area contributed by atoms with Crippen molar-refractivity contribution in [2.45, 2.75) is 113 Å². The lowest BCUT2D eigenvalue weighted by molar-refractivity contribution is -0.136. The fourth-order valence-corrected chi connectivity index (χ4v) is 8.18. The van der Waals surface area contributed by atoms with E-state index in [0.717, 1.165) is 22.3 Å². The molecule has 5 amide bonds. The largest absolute Gasteiger partial charge is 0.444 e. The Bertz CT molecular complexity index is 2440. The lowest BCUT2D eigenvalue weighted by Gasteiger charge is -2.39. The number of nitrogens with zero attached hydrogens (tertiary/aromatic N) is 6. The van der Waals surface area contributed by atoms with Crippen molar-refractivity contribution in [2.24, 2.45) is 27.9 Å². The number of benzene rings is 4. The van der Waals surface area contributed by atoms with Crippen LogP contribution in [0.1, 0.15) is 112 Å². The molecule has 0 saturated carbocycles. The molecule has 0 fully saturated rings. The van der Waals surface area contributed by atoms with E-state index in [9.17, 15) is 24.0 Å². The molecule has 2 aliphatic heterocycles. The number of hydrogen-bond acceptors (Lipinski definition) is 11. The highest BCUT2D eigenvalue weighted by molar-refractivity contribution is 6.06. The van der Waals surface area contributed by atoms with Gasteiger partial charge in [0.05, 0.1) is 25.2 Å². The first kappa shape index (κ1) is 57.5. The number of alkyl carbamates (subject to hydrolysis) is 1. The molecule has 4 aromatic rings. The van der Waals surface area contributed by atoms with E-state index in [0.29, 0.717) is 74.9 Å². The number of rotatable bonds is 19. The highest BCUT2D eigenvalue weighted by Crippen LogP contribution is 2.25. The summed E-state index contributed by atoms with van der Waals surface area (Å²) in [6, 6.07) is 33.3. The second-order valence-corrected chi connectivity index (χ2v) is 19.4. The Morgan fingerprint density at radius 3 is 1.40 bits per heavy atom. The summed E-state index contributed by atoms with van der Waals surface area (Å²) in [5.41, 5.74) is 10.4. The molecule has 72 heavy (non-hydrogen) atoms. The van der Waals surface area contributed by atoms with Crippen molar-refractivity contribution in [1.82, 2.24) is 24.9 Å². The molecule has 16 heteroatoms. The third-order valence-corrected chi connectivity index (χ3v) is 11.6. The Morgan fingerprint density at radius 2 is 1.04 bits per heavy atom. The summed E-state index contributed by atoms with van der Waals surface area (Å²) in [5.74, 6) is 0.0560. The average molecular weight is 989 g/mol. The van der Waals surface area contributed by atoms with E-state index in [2.05, 4.69) is 15.6 Å². The maximum absolute atomic E-state index is 13.9. The summed E-state index contributed by atoms with van der Waals surface area (Å²) < 4.78 is 5.33. The van der Waals surface area contributed by atoms with Gasteiger partial charge in [-0.05, 0) is 101 Å². The van der Waals surface area contributed by atoms with Crippen molar-refractivity contribution >= 4 is 41.4 Å². The quantitative estimate of drug-likeness (QED) is 0.0868. The zero-order valence-electron chi connectivity index (χ0n) is 42.8. The number of ether oxygens (including phenoxy) is 1. The lowest BCUT2D eigenvalue weighted by atomic mass is 9.97. The second-order valence-electron chi connectivity index (χ2n) is 19.4. The van der Waals surface area contributed by atoms with Crippen LogP contribution in [0.4, 0.5) is 4.79 Å². The molecule has 6 rings (SSSR count). The average Bonchev–Trinajstić information content (AvgIpc) is 3.33. The summed E-state index contributed by atoms with van der Waals surface area (Å²) in [6.07, 6.45) is 0.603. The predicted octanol–water partition coefficient (Wildman–Crippen LogP) is 8.57. The summed E-state index contributed by atoms with van der Waals surface area (Å²) in [7, 11) is 0. The Morgan fingerprint density at radius 1 is 0.653 bits per heavy atom. The monoisotopic (exact) mass is 989 g/mol. The van der Waals surface area contributed by atoms with Gasteiger partial charge in [-0.1, -0.05) is 141 Å². The van der Waals surface area contributed by atoms with Crippen LogP contribution in [-0.2, 0) is 37.1 Å². The van der Waals surface area contributed by atoms with Crippen molar-refractivity contribution in [3.05, 3.63) is 143 Å². The molecule has 2 aliphatic rings. The number of oxime groups is 2. The molecule has 0 spiro atoms. The number of hydrogen-bond donors (Lipinski definition) is 2. The molecule has 4 aromatic carbocycles. The molecule has 2 heterocycles. The molecule has 16 nitrogen and oxygen atoms in total. The summed E-state index contributed by atoms with van der Waals surface area (Å²) in [4.78, 5) is 82.9. The molecular formula is C56H76N8O8. The van der Waals surface area contributed by atoms with Crippen LogP contribution in [-0.4, -0.2) is 118 Å². The van der Waals surface area contributed by atoms with Gasteiger partial charge in [-0.25, -0.2) is 4.79 Å². The van der Waals surface area contributed by atoms with E-state index in [4.69, 9.17) is 20.1 Å². The minimum absolute atomic E-state index is 0. The number of amidine groups is 2. The zero-order chi connectivity index (χ0) is 51.7. The summed E-state index contributed by atoms with van der Waals surface area (Å²) >= 11 is 0. The number of amides is 5. The van der Waals surface area contributed by atoms with Crippen molar-refractivity contribution in [3.63, 3.8) is 0 Å². The van der Waals surface area contributed by atoms with Crippen LogP contribution in [0, 0.1) is 25.7 Å². The molecule has 2 atom stereocenters. The Hall–Kier alpha value is -7.07. The lowest BCUT2D eigenvalue weighted by Crippen LogP contribution is -2.57. The smallest absolute Gasteiger partial charge is 0.407 e. The molecule has 0 aromatic heterocycles. The van der Waals surface area contributed by atoms with Gasteiger partial charge in [0.2, 0.25) is 0 Å². The Labute approximate surface area is 426 Å². The van der Waals surface area contributed by atoms with E-state index < -0.39 is 23.8 Å². The minimum Gasteiger partial charge on any atom is -0.444 e. The molecule has 2 unspecified atom stereocenters. The van der Waals surface area contributed by atoms with Crippen molar-refractivity contribution in [1.29, 1.82) is 0 Å². The van der Waals surface area contributed by atoms with Crippen molar-refractivity contribution in [3.8, 4) is 0 Å². The van der Waals surface area contributed by atoms with Gasteiger partial charge in [0.25, 0.3) is 23.6 Å². The Kier molecular flexibility index (Phi) is 22.0. The first-order valence-corrected chi connectivity index (χ1v) is 24.4. The first-order chi connectivity index (χ1) is 33.9. The van der Waals surface area contributed by atoms with E-state index in [1.165, 1.54) is 0 Å². The third-order valence-electron chi connectivity index (χ3n) is 11.6. The maximum Gasteiger partial charge on any atom is 0.407 e. The van der Waals surface area contributed by atoms with Crippen LogP contribution in [0.15, 0.2) is 120 Å². The molecule has 0 radical (unpaired) electrons.